The summed E-state index contributed by atoms with van der Waals surface area (Å²) >= 11 is 1.91. The van der Waals surface area contributed by atoms with Crippen molar-refractivity contribution in [3.8, 4) is 0 Å². The van der Waals surface area contributed by atoms with Crippen molar-refractivity contribution in [2.45, 2.75) is 25.7 Å². The van der Waals surface area contributed by atoms with Gasteiger partial charge in [0.05, 0.1) is 0 Å². The maximum absolute atomic E-state index is 4.45. The van der Waals surface area contributed by atoms with Gasteiger partial charge in [0.2, 0.25) is 0 Å². The second-order valence-corrected chi connectivity index (χ2v) is 6.70. The molecule has 1 saturated heterocycles. The summed E-state index contributed by atoms with van der Waals surface area (Å²) in [4.78, 5) is 6.92. The highest BCUT2D eigenvalue weighted by atomic mass is 127. The smallest absolute Gasteiger partial charge is 0.193 e. The lowest BCUT2D eigenvalue weighted by Crippen LogP contribution is -2.41. The second kappa shape index (κ2) is 9.92. The van der Waals surface area contributed by atoms with Crippen molar-refractivity contribution in [3.05, 3.63) is 12.7 Å². The van der Waals surface area contributed by atoms with Gasteiger partial charge in [-0.3, -0.25) is 4.99 Å². The molecular weight excluding hydrogens is 381 g/mol. The summed E-state index contributed by atoms with van der Waals surface area (Å²) < 4.78 is 0. The van der Waals surface area contributed by atoms with Crippen molar-refractivity contribution in [1.29, 1.82) is 0 Å². The number of rotatable bonds is 5. The van der Waals surface area contributed by atoms with Gasteiger partial charge in [0.15, 0.2) is 5.96 Å². The third-order valence-corrected chi connectivity index (χ3v) is 5.22. The number of guanidine groups is 1. The zero-order valence-electron chi connectivity index (χ0n) is 12.5. The number of nitrogens with one attached hydrogen (secondary N) is 1. The first-order valence-corrected chi connectivity index (χ1v) is 8.65. The molecule has 1 N–H and O–H groups in total. The fourth-order valence-electron chi connectivity index (χ4n) is 3.31. The molecule has 0 bridgehead atoms. The molecule has 0 aromatic rings. The molecule has 3 nitrogen and oxygen atoms in total. The first kappa shape index (κ1) is 18.1. The average Bonchev–Trinajstić information content (AvgIpc) is 2.86. The predicted octanol–water partition coefficient (Wildman–Crippen LogP) is 3.22. The van der Waals surface area contributed by atoms with Crippen LogP contribution in [-0.4, -0.2) is 49.0 Å². The molecule has 0 radical (unpaired) electrons. The summed E-state index contributed by atoms with van der Waals surface area (Å²) in [5.74, 6) is 5.10. The molecule has 0 aromatic heterocycles. The van der Waals surface area contributed by atoms with Gasteiger partial charge in [0.25, 0.3) is 0 Å². The zero-order chi connectivity index (χ0) is 13.5. The third-order valence-electron chi connectivity index (χ3n) is 4.25. The number of halogens is 1. The molecule has 1 heterocycles. The molecule has 2 rings (SSSR count). The van der Waals surface area contributed by atoms with Crippen LogP contribution in [0.5, 0.6) is 0 Å². The highest BCUT2D eigenvalue weighted by molar-refractivity contribution is 14.0. The number of aliphatic imine (C=N–C) groups is 1. The maximum atomic E-state index is 4.45. The Hall–Kier alpha value is 0.0900. The van der Waals surface area contributed by atoms with E-state index in [0.29, 0.717) is 0 Å². The largest absolute Gasteiger partial charge is 0.355 e. The second-order valence-electron chi connectivity index (χ2n) is 5.55. The van der Waals surface area contributed by atoms with E-state index in [1.807, 2.05) is 24.9 Å². The lowest BCUT2D eigenvalue weighted by molar-refractivity contribution is 0.299. The van der Waals surface area contributed by atoms with Crippen LogP contribution in [0.15, 0.2) is 17.6 Å². The maximum Gasteiger partial charge on any atom is 0.193 e. The minimum absolute atomic E-state index is 0. The van der Waals surface area contributed by atoms with Gasteiger partial charge < -0.3 is 10.2 Å². The SMILES string of the molecule is C=CCSCCNC(=NC)N1CC2CCCCC2C1.I. The number of thioether (sulfide) groups is 1. The van der Waals surface area contributed by atoms with Crippen LogP contribution in [0.3, 0.4) is 0 Å². The Bertz CT molecular complexity index is 308. The van der Waals surface area contributed by atoms with Crippen molar-refractivity contribution in [2.24, 2.45) is 16.8 Å². The van der Waals surface area contributed by atoms with E-state index >= 15 is 0 Å². The van der Waals surface area contributed by atoms with Crippen LogP contribution in [0, 0.1) is 11.8 Å². The monoisotopic (exact) mass is 409 g/mol. The van der Waals surface area contributed by atoms with Crippen LogP contribution in [0.2, 0.25) is 0 Å². The molecule has 2 atom stereocenters. The molecule has 0 aromatic carbocycles. The summed E-state index contributed by atoms with van der Waals surface area (Å²) in [5, 5.41) is 3.50. The van der Waals surface area contributed by atoms with Gasteiger partial charge in [-0.1, -0.05) is 18.9 Å². The Balaban J connectivity index is 0.00000200. The summed E-state index contributed by atoms with van der Waals surface area (Å²) in [6.45, 7) is 7.16. The number of likely N-dealkylation sites (tertiary alicyclic amines) is 1. The molecule has 20 heavy (non-hydrogen) atoms. The number of nitrogens with zero attached hydrogens (tertiary/aromatic N) is 2. The van der Waals surface area contributed by atoms with Gasteiger partial charge in [-0.25, -0.2) is 0 Å². The fraction of sp³-hybridized carbons (Fsp3) is 0.800. The van der Waals surface area contributed by atoms with E-state index in [4.69, 9.17) is 0 Å². The number of fused-ring (bicyclic) bond motifs is 1. The van der Waals surface area contributed by atoms with Gasteiger partial charge in [0, 0.05) is 38.2 Å². The Kier molecular flexibility index (Phi) is 9.00. The standard InChI is InChI=1S/C15H27N3S.HI/c1-3-9-19-10-8-17-15(16-2)18-11-13-6-4-5-7-14(13)12-18;/h3,13-14H,1,4-12H2,2H3,(H,16,17);1H. The molecule has 2 fully saturated rings. The Morgan fingerprint density at radius 2 is 2.00 bits per heavy atom. The highest BCUT2D eigenvalue weighted by Gasteiger charge is 2.35. The number of hydrogen-bond donors (Lipinski definition) is 1. The van der Waals surface area contributed by atoms with Gasteiger partial charge >= 0.3 is 0 Å². The minimum Gasteiger partial charge on any atom is -0.355 e. The molecular formula is C15H28IN3S. The fourth-order valence-corrected chi connectivity index (χ4v) is 3.89. The van der Waals surface area contributed by atoms with Crippen LogP contribution < -0.4 is 5.32 Å². The summed E-state index contributed by atoms with van der Waals surface area (Å²) in [7, 11) is 1.90. The summed E-state index contributed by atoms with van der Waals surface area (Å²) in [6.07, 6.45) is 7.67. The van der Waals surface area contributed by atoms with E-state index in [-0.39, 0.29) is 24.0 Å². The van der Waals surface area contributed by atoms with Gasteiger partial charge in [-0.05, 0) is 24.7 Å². The minimum atomic E-state index is 0. The van der Waals surface area contributed by atoms with Crippen LogP contribution in [0.25, 0.3) is 0 Å². The Morgan fingerprint density at radius 1 is 1.35 bits per heavy atom. The van der Waals surface area contributed by atoms with Crippen LogP contribution >= 0.6 is 35.7 Å². The Labute approximate surface area is 145 Å². The van der Waals surface area contributed by atoms with Gasteiger partial charge in [0.1, 0.15) is 0 Å². The summed E-state index contributed by atoms with van der Waals surface area (Å²) in [5.41, 5.74) is 0. The Morgan fingerprint density at radius 3 is 2.55 bits per heavy atom. The van der Waals surface area contributed by atoms with Gasteiger partial charge in [-0.2, -0.15) is 11.8 Å². The first-order valence-electron chi connectivity index (χ1n) is 7.49. The molecule has 1 aliphatic carbocycles. The van der Waals surface area contributed by atoms with Crippen molar-refractivity contribution < 1.29 is 0 Å². The quantitative estimate of drug-likeness (QED) is 0.249. The number of hydrogen-bond acceptors (Lipinski definition) is 2. The first-order chi connectivity index (χ1) is 9.35. The summed E-state index contributed by atoms with van der Waals surface area (Å²) in [6, 6.07) is 0. The van der Waals surface area contributed by atoms with Gasteiger partial charge in [-0.15, -0.1) is 30.6 Å². The molecule has 0 amide bonds. The molecule has 0 spiro atoms. The van der Waals surface area contributed by atoms with Crippen molar-refractivity contribution in [2.75, 3.05) is 38.2 Å². The van der Waals surface area contributed by atoms with Crippen LogP contribution in [-0.2, 0) is 0 Å². The molecule has 5 heteroatoms. The molecule has 1 aliphatic heterocycles. The topological polar surface area (TPSA) is 27.6 Å². The average molecular weight is 409 g/mol. The van der Waals surface area contributed by atoms with Crippen molar-refractivity contribution in [1.82, 2.24) is 10.2 Å². The lowest BCUT2D eigenvalue weighted by atomic mass is 9.82. The third kappa shape index (κ3) is 5.13. The highest BCUT2D eigenvalue weighted by Crippen LogP contribution is 2.35. The van der Waals surface area contributed by atoms with E-state index in [1.165, 1.54) is 38.8 Å². The van der Waals surface area contributed by atoms with Crippen molar-refractivity contribution >= 4 is 41.7 Å². The van der Waals surface area contributed by atoms with E-state index < -0.39 is 0 Å². The molecule has 2 unspecified atom stereocenters. The predicted molar refractivity (Wildman–Crippen MR) is 101 cm³/mol. The molecule has 1 saturated carbocycles. The van der Waals surface area contributed by atoms with Crippen molar-refractivity contribution in [3.63, 3.8) is 0 Å². The van der Waals surface area contributed by atoms with E-state index in [0.717, 1.165) is 35.8 Å². The molecule has 116 valence electrons. The van der Waals surface area contributed by atoms with E-state index in [9.17, 15) is 0 Å². The van der Waals surface area contributed by atoms with E-state index in [2.05, 4.69) is 21.8 Å². The zero-order valence-corrected chi connectivity index (χ0v) is 15.7. The van der Waals surface area contributed by atoms with Crippen LogP contribution in [0.1, 0.15) is 25.7 Å². The van der Waals surface area contributed by atoms with E-state index in [1.54, 1.807) is 0 Å². The van der Waals surface area contributed by atoms with Crippen LogP contribution in [0.4, 0.5) is 0 Å². The molecule has 2 aliphatic rings. The normalized spacial score (nSPS) is 25.9. The lowest BCUT2D eigenvalue weighted by Gasteiger charge is -2.22.